The molecule has 1 unspecified atom stereocenters. The first kappa shape index (κ1) is 22.7. The largest absolute Gasteiger partial charge is 0.344 e. The summed E-state index contributed by atoms with van der Waals surface area (Å²) in [7, 11) is 1.73. The van der Waals surface area contributed by atoms with Gasteiger partial charge in [0.25, 0.3) is 0 Å². The Morgan fingerprint density at radius 2 is 1.59 bits per heavy atom. The van der Waals surface area contributed by atoms with Crippen molar-refractivity contribution in [2.24, 2.45) is 5.73 Å². The number of hydrogen-bond donors (Lipinski definition) is 2. The van der Waals surface area contributed by atoms with Crippen molar-refractivity contribution >= 4 is 29.9 Å². The predicted octanol–water partition coefficient (Wildman–Crippen LogP) is 2.93. The number of nitrogens with two attached hydrogens (primary N) is 1. The molecule has 0 fully saturated rings. The molecule has 146 valence electrons. The summed E-state index contributed by atoms with van der Waals surface area (Å²) in [5.74, 6) is -0.299. The lowest BCUT2D eigenvalue weighted by atomic mass is 10.0. The van der Waals surface area contributed by atoms with E-state index in [1.54, 1.807) is 11.9 Å². The molecule has 2 aromatic rings. The molecule has 0 aliphatic heterocycles. The van der Waals surface area contributed by atoms with Crippen molar-refractivity contribution < 1.29 is 9.59 Å². The second kappa shape index (κ2) is 11.4. The maximum Gasteiger partial charge on any atom is 0.249 e. The zero-order valence-corrected chi connectivity index (χ0v) is 16.6. The third-order valence-electron chi connectivity index (χ3n) is 4.22. The van der Waals surface area contributed by atoms with E-state index in [-0.39, 0.29) is 30.3 Å². The lowest BCUT2D eigenvalue weighted by Gasteiger charge is -2.25. The van der Waals surface area contributed by atoms with Gasteiger partial charge in [-0.1, -0.05) is 48.5 Å². The topological polar surface area (TPSA) is 75.4 Å². The number of anilines is 1. The van der Waals surface area contributed by atoms with E-state index in [4.69, 9.17) is 5.73 Å². The Labute approximate surface area is 167 Å². The van der Waals surface area contributed by atoms with E-state index in [0.717, 1.165) is 11.3 Å². The zero-order chi connectivity index (χ0) is 18.9. The van der Waals surface area contributed by atoms with Gasteiger partial charge in [0.2, 0.25) is 11.8 Å². The minimum atomic E-state index is -0.622. The maximum atomic E-state index is 13.0. The van der Waals surface area contributed by atoms with Crippen molar-refractivity contribution in [2.45, 2.75) is 38.3 Å². The minimum Gasteiger partial charge on any atom is -0.344 e. The van der Waals surface area contributed by atoms with Crippen molar-refractivity contribution in [3.05, 3.63) is 66.2 Å². The molecule has 0 bridgehead atoms. The average molecular weight is 390 g/mol. The molecule has 2 aromatic carbocycles. The Hall–Kier alpha value is -2.37. The molecular weight excluding hydrogens is 362 g/mol. The quantitative estimate of drug-likeness (QED) is 0.728. The second-order valence-electron chi connectivity index (χ2n) is 6.56. The highest BCUT2D eigenvalue weighted by Crippen LogP contribution is 2.14. The van der Waals surface area contributed by atoms with Crippen molar-refractivity contribution in [1.29, 1.82) is 0 Å². The second-order valence-corrected chi connectivity index (χ2v) is 6.56. The number of amides is 2. The predicted molar refractivity (Wildman–Crippen MR) is 112 cm³/mol. The Kier molecular flexibility index (Phi) is 9.54. The number of benzene rings is 2. The highest BCUT2D eigenvalue weighted by molar-refractivity contribution is 5.99. The highest BCUT2D eigenvalue weighted by Gasteiger charge is 2.25. The molecule has 2 atom stereocenters. The summed E-state index contributed by atoms with van der Waals surface area (Å²) in [5.41, 5.74) is 7.52. The molecule has 27 heavy (non-hydrogen) atoms. The molecule has 0 aliphatic carbocycles. The fraction of sp³-hybridized carbons (Fsp3) is 0.333. The van der Waals surface area contributed by atoms with E-state index in [9.17, 15) is 9.59 Å². The fourth-order valence-electron chi connectivity index (χ4n) is 2.69. The Morgan fingerprint density at radius 1 is 1.04 bits per heavy atom. The van der Waals surface area contributed by atoms with Gasteiger partial charge in [0.15, 0.2) is 0 Å². The number of nitrogens with zero attached hydrogens (tertiary/aromatic N) is 1. The molecule has 0 saturated heterocycles. The van der Waals surface area contributed by atoms with E-state index in [0.29, 0.717) is 19.3 Å². The molecule has 0 aromatic heterocycles. The molecule has 2 rings (SSSR count). The first-order valence-electron chi connectivity index (χ1n) is 8.89. The van der Waals surface area contributed by atoms with Crippen LogP contribution in [0.3, 0.4) is 0 Å². The normalized spacial score (nSPS) is 12.4. The van der Waals surface area contributed by atoms with Gasteiger partial charge in [-0.05, 0) is 31.0 Å². The number of hydrogen-bond acceptors (Lipinski definition) is 3. The van der Waals surface area contributed by atoms with Crippen LogP contribution in [0.15, 0.2) is 60.7 Å². The van der Waals surface area contributed by atoms with Crippen LogP contribution in [0.4, 0.5) is 5.69 Å². The SMILES string of the molecule is CC(N)CCC(=O)N[C@@H](Cc1ccccc1)C(=O)N(C)c1ccccc1.Cl. The minimum absolute atomic E-state index is 0. The highest BCUT2D eigenvalue weighted by atomic mass is 35.5. The first-order chi connectivity index (χ1) is 12.5. The standard InChI is InChI=1S/C21H27N3O2.ClH/c1-16(22)13-14-20(25)23-19(15-17-9-5-3-6-10-17)21(26)24(2)18-11-7-4-8-12-18;/h3-12,16,19H,13-15,22H2,1-2H3,(H,23,25);1H/t16?,19-;/m0./s1. The number of para-hydroxylation sites is 1. The van der Waals surface area contributed by atoms with Crippen molar-refractivity contribution in [2.75, 3.05) is 11.9 Å². The zero-order valence-electron chi connectivity index (χ0n) is 15.8. The first-order valence-corrected chi connectivity index (χ1v) is 8.89. The molecular formula is C21H28ClN3O2. The van der Waals surface area contributed by atoms with Gasteiger partial charge in [-0.2, -0.15) is 0 Å². The van der Waals surface area contributed by atoms with Gasteiger partial charge in [-0.15, -0.1) is 12.4 Å². The Balaban J connectivity index is 0.00000364. The summed E-state index contributed by atoms with van der Waals surface area (Å²) in [6.07, 6.45) is 1.35. The van der Waals surface area contributed by atoms with Crippen LogP contribution in [-0.4, -0.2) is 30.9 Å². The van der Waals surface area contributed by atoms with Gasteiger partial charge in [-0.25, -0.2) is 0 Å². The number of rotatable bonds is 8. The Bertz CT molecular complexity index is 708. The van der Waals surface area contributed by atoms with Crippen LogP contribution in [0.1, 0.15) is 25.3 Å². The lowest BCUT2D eigenvalue weighted by molar-refractivity contribution is -0.127. The van der Waals surface area contributed by atoms with Crippen molar-refractivity contribution in [3.8, 4) is 0 Å². The lowest BCUT2D eigenvalue weighted by Crippen LogP contribution is -2.49. The van der Waals surface area contributed by atoms with E-state index in [2.05, 4.69) is 5.32 Å². The van der Waals surface area contributed by atoms with Gasteiger partial charge in [0.1, 0.15) is 6.04 Å². The molecule has 0 heterocycles. The van der Waals surface area contributed by atoms with Crippen molar-refractivity contribution in [3.63, 3.8) is 0 Å². The van der Waals surface area contributed by atoms with Gasteiger partial charge in [-0.3, -0.25) is 9.59 Å². The monoisotopic (exact) mass is 389 g/mol. The molecule has 5 nitrogen and oxygen atoms in total. The molecule has 6 heteroatoms. The summed E-state index contributed by atoms with van der Waals surface area (Å²) in [4.78, 5) is 26.9. The molecule has 0 radical (unpaired) electrons. The number of carbonyl (C=O) groups excluding carboxylic acids is 2. The number of carbonyl (C=O) groups is 2. The smallest absolute Gasteiger partial charge is 0.249 e. The third-order valence-corrected chi connectivity index (χ3v) is 4.22. The van der Waals surface area contributed by atoms with E-state index in [1.165, 1.54) is 0 Å². The fourth-order valence-corrected chi connectivity index (χ4v) is 2.69. The number of halogens is 1. The van der Waals surface area contributed by atoms with Crippen LogP contribution >= 0.6 is 12.4 Å². The number of nitrogens with one attached hydrogen (secondary N) is 1. The van der Waals surface area contributed by atoms with Crippen LogP contribution in [0.2, 0.25) is 0 Å². The molecule has 0 aliphatic rings. The van der Waals surface area contributed by atoms with Gasteiger partial charge in [0.05, 0.1) is 0 Å². The third kappa shape index (κ3) is 7.41. The van der Waals surface area contributed by atoms with Gasteiger partial charge < -0.3 is 16.0 Å². The summed E-state index contributed by atoms with van der Waals surface area (Å²) >= 11 is 0. The van der Waals surface area contributed by atoms with Crippen LogP contribution < -0.4 is 16.0 Å². The summed E-state index contributed by atoms with van der Waals surface area (Å²) in [5, 5.41) is 2.89. The van der Waals surface area contributed by atoms with E-state index >= 15 is 0 Å². The van der Waals surface area contributed by atoms with E-state index in [1.807, 2.05) is 67.6 Å². The van der Waals surface area contributed by atoms with Gasteiger partial charge >= 0.3 is 0 Å². The number of likely N-dealkylation sites (N-methyl/N-ethyl adjacent to an activating group) is 1. The summed E-state index contributed by atoms with van der Waals surface area (Å²) in [6, 6.07) is 18.4. The van der Waals surface area contributed by atoms with Crippen LogP contribution in [-0.2, 0) is 16.0 Å². The molecule has 0 spiro atoms. The maximum absolute atomic E-state index is 13.0. The Morgan fingerprint density at radius 3 is 2.15 bits per heavy atom. The van der Waals surface area contributed by atoms with Crippen LogP contribution in [0.5, 0.6) is 0 Å². The molecule has 3 N–H and O–H groups in total. The van der Waals surface area contributed by atoms with Crippen molar-refractivity contribution in [1.82, 2.24) is 5.32 Å². The molecule has 2 amide bonds. The molecule has 0 saturated carbocycles. The van der Waals surface area contributed by atoms with Gasteiger partial charge in [0, 0.05) is 31.6 Å². The van der Waals surface area contributed by atoms with Crippen LogP contribution in [0, 0.1) is 0 Å². The average Bonchev–Trinajstić information content (AvgIpc) is 2.66. The van der Waals surface area contributed by atoms with Crippen LogP contribution in [0.25, 0.3) is 0 Å². The van der Waals surface area contributed by atoms with E-state index < -0.39 is 6.04 Å². The summed E-state index contributed by atoms with van der Waals surface area (Å²) in [6.45, 7) is 1.86. The summed E-state index contributed by atoms with van der Waals surface area (Å²) < 4.78 is 0.